The van der Waals surface area contributed by atoms with Gasteiger partial charge in [0.25, 0.3) is 0 Å². The molecule has 0 unspecified atom stereocenters. The van der Waals surface area contributed by atoms with Crippen molar-refractivity contribution in [3.05, 3.63) is 11.8 Å². The van der Waals surface area contributed by atoms with Gasteiger partial charge in [0.2, 0.25) is 0 Å². The molecule has 0 radical (unpaired) electrons. The molecule has 10 heavy (non-hydrogen) atoms. The summed E-state index contributed by atoms with van der Waals surface area (Å²) in [5.41, 5.74) is 0. The van der Waals surface area contributed by atoms with Gasteiger partial charge < -0.3 is 20.6 Å². The minimum atomic E-state index is -0.160. The maximum absolute atomic E-state index is 8.83. The zero-order chi connectivity index (χ0) is 7.82. The van der Waals surface area contributed by atoms with Gasteiger partial charge in [0, 0.05) is 6.54 Å². The van der Waals surface area contributed by atoms with E-state index < -0.39 is 0 Å². The molecule has 0 rings (SSSR count). The van der Waals surface area contributed by atoms with Crippen LogP contribution in [0.3, 0.4) is 0 Å². The lowest BCUT2D eigenvalue weighted by Gasteiger charge is -1.99. The van der Waals surface area contributed by atoms with Crippen molar-refractivity contribution in [1.82, 2.24) is 5.32 Å². The molecule has 0 bridgehead atoms. The van der Waals surface area contributed by atoms with E-state index in [1.54, 1.807) is 0 Å². The van der Waals surface area contributed by atoms with Gasteiger partial charge in [-0.25, -0.2) is 0 Å². The number of aliphatic hydroxyl groups is 3. The summed E-state index contributed by atoms with van der Waals surface area (Å²) in [4.78, 5) is 0. The fourth-order valence-corrected chi connectivity index (χ4v) is 0.473. The molecule has 0 aromatic carbocycles. The van der Waals surface area contributed by atoms with Gasteiger partial charge in [-0.2, -0.15) is 0 Å². The van der Waals surface area contributed by atoms with Crippen molar-refractivity contribution in [2.45, 2.75) is 0 Å². The summed E-state index contributed by atoms with van der Waals surface area (Å²) < 4.78 is 0. The number of hydrogen-bond donors (Lipinski definition) is 4. The van der Waals surface area contributed by atoms with E-state index in [-0.39, 0.29) is 19.0 Å². The number of rotatable bonds is 5. The van der Waals surface area contributed by atoms with E-state index in [1.807, 2.05) is 0 Å². The van der Waals surface area contributed by atoms with Crippen LogP contribution in [0.15, 0.2) is 11.8 Å². The van der Waals surface area contributed by atoms with Gasteiger partial charge in [0.1, 0.15) is 5.76 Å². The van der Waals surface area contributed by atoms with Crippen LogP contribution in [0.25, 0.3) is 0 Å². The quantitative estimate of drug-likeness (QED) is 0.297. The molecule has 4 N–H and O–H groups in total. The molecule has 0 spiro atoms. The Morgan fingerprint density at radius 1 is 1.40 bits per heavy atom. The molecule has 0 saturated heterocycles. The molecule has 4 heteroatoms. The Balaban J connectivity index is 3.21. The normalized spacial score (nSPS) is 12.0. The molecule has 0 aromatic rings. The standard InChI is InChI=1S/C6H13NO3/c8-3-1-6(10)5-7-2-4-9/h1,7-10H,2-5H2. The summed E-state index contributed by atoms with van der Waals surface area (Å²) in [6, 6.07) is 0. The van der Waals surface area contributed by atoms with Crippen LogP contribution in [0.5, 0.6) is 0 Å². The fourth-order valence-electron chi connectivity index (χ4n) is 0.473. The van der Waals surface area contributed by atoms with Gasteiger partial charge in [-0.3, -0.25) is 0 Å². The third-order valence-electron chi connectivity index (χ3n) is 0.922. The maximum atomic E-state index is 8.83. The van der Waals surface area contributed by atoms with E-state index in [2.05, 4.69) is 5.32 Å². The minimum Gasteiger partial charge on any atom is -0.511 e. The van der Waals surface area contributed by atoms with Crippen LogP contribution in [-0.4, -0.2) is 41.6 Å². The van der Waals surface area contributed by atoms with Crippen molar-refractivity contribution in [3.8, 4) is 0 Å². The average molecular weight is 147 g/mol. The first-order valence-corrected chi connectivity index (χ1v) is 3.11. The van der Waals surface area contributed by atoms with Crippen molar-refractivity contribution in [3.63, 3.8) is 0 Å². The van der Waals surface area contributed by atoms with Gasteiger partial charge in [0.15, 0.2) is 0 Å². The van der Waals surface area contributed by atoms with Crippen molar-refractivity contribution < 1.29 is 15.3 Å². The molecule has 0 saturated carbocycles. The SMILES string of the molecule is OCC=C(O)CNCCO. The van der Waals surface area contributed by atoms with E-state index in [0.717, 1.165) is 0 Å². The monoisotopic (exact) mass is 147 g/mol. The molecule has 0 amide bonds. The highest BCUT2D eigenvalue weighted by atomic mass is 16.3. The molecule has 60 valence electrons. The highest BCUT2D eigenvalue weighted by Gasteiger charge is 1.89. The smallest absolute Gasteiger partial charge is 0.104 e. The van der Waals surface area contributed by atoms with Crippen LogP contribution in [0, 0.1) is 0 Å². The van der Waals surface area contributed by atoms with Gasteiger partial charge in [-0.1, -0.05) is 0 Å². The Morgan fingerprint density at radius 2 is 2.10 bits per heavy atom. The number of nitrogens with one attached hydrogen (secondary N) is 1. The van der Waals surface area contributed by atoms with E-state index in [9.17, 15) is 0 Å². The van der Waals surface area contributed by atoms with E-state index in [4.69, 9.17) is 15.3 Å². The predicted molar refractivity (Wildman–Crippen MR) is 37.8 cm³/mol. The summed E-state index contributed by atoms with van der Waals surface area (Å²) in [6.07, 6.45) is 1.30. The number of hydrogen-bond acceptors (Lipinski definition) is 4. The first-order valence-electron chi connectivity index (χ1n) is 3.11. The fraction of sp³-hybridized carbons (Fsp3) is 0.667. The highest BCUT2D eigenvalue weighted by molar-refractivity contribution is 4.92. The van der Waals surface area contributed by atoms with Crippen molar-refractivity contribution >= 4 is 0 Å². The Kier molecular flexibility index (Phi) is 6.16. The zero-order valence-electron chi connectivity index (χ0n) is 5.75. The Morgan fingerprint density at radius 3 is 2.60 bits per heavy atom. The first kappa shape index (κ1) is 9.42. The van der Waals surface area contributed by atoms with E-state index >= 15 is 0 Å². The maximum Gasteiger partial charge on any atom is 0.104 e. The summed E-state index contributed by atoms with van der Waals surface area (Å²) in [6.45, 7) is 0.628. The first-order chi connectivity index (χ1) is 4.81. The summed E-state index contributed by atoms with van der Waals surface area (Å²) in [5.74, 6) is 0.0935. The predicted octanol–water partition coefficient (Wildman–Crippen LogP) is -0.997. The lowest BCUT2D eigenvalue weighted by Crippen LogP contribution is -2.20. The largest absolute Gasteiger partial charge is 0.511 e. The van der Waals surface area contributed by atoms with Crippen LogP contribution in [-0.2, 0) is 0 Å². The minimum absolute atomic E-state index is 0.0480. The van der Waals surface area contributed by atoms with Crippen LogP contribution >= 0.6 is 0 Å². The second kappa shape index (κ2) is 6.54. The molecule has 0 atom stereocenters. The molecule has 4 nitrogen and oxygen atoms in total. The molecule has 0 aliphatic heterocycles. The molecule has 0 aliphatic carbocycles. The lowest BCUT2D eigenvalue weighted by atomic mass is 10.4. The summed E-state index contributed by atoms with van der Waals surface area (Å²) in [7, 11) is 0. The summed E-state index contributed by atoms with van der Waals surface area (Å²) >= 11 is 0. The highest BCUT2D eigenvalue weighted by Crippen LogP contribution is 1.82. The molecule has 0 aliphatic rings. The summed E-state index contributed by atoms with van der Waals surface area (Å²) in [5, 5.41) is 28.1. The molecular weight excluding hydrogens is 134 g/mol. The van der Waals surface area contributed by atoms with Crippen LogP contribution in [0.4, 0.5) is 0 Å². The van der Waals surface area contributed by atoms with Crippen LogP contribution in [0.1, 0.15) is 0 Å². The van der Waals surface area contributed by atoms with E-state index in [1.165, 1.54) is 6.08 Å². The Labute approximate surface area is 59.8 Å². The zero-order valence-corrected chi connectivity index (χ0v) is 5.75. The topological polar surface area (TPSA) is 72.7 Å². The third-order valence-corrected chi connectivity index (χ3v) is 0.922. The van der Waals surface area contributed by atoms with Crippen molar-refractivity contribution in [1.29, 1.82) is 0 Å². The van der Waals surface area contributed by atoms with Crippen LogP contribution in [0.2, 0.25) is 0 Å². The van der Waals surface area contributed by atoms with Crippen molar-refractivity contribution in [2.75, 3.05) is 26.3 Å². The van der Waals surface area contributed by atoms with Gasteiger partial charge in [-0.05, 0) is 6.08 Å². The van der Waals surface area contributed by atoms with Crippen LogP contribution < -0.4 is 5.32 Å². The Hall–Kier alpha value is -0.580. The lowest BCUT2D eigenvalue weighted by molar-refractivity contribution is 0.287. The van der Waals surface area contributed by atoms with E-state index in [0.29, 0.717) is 13.1 Å². The average Bonchev–Trinajstić information content (AvgIpc) is 1.89. The molecule has 0 fully saturated rings. The van der Waals surface area contributed by atoms with Gasteiger partial charge in [0.05, 0.1) is 19.8 Å². The van der Waals surface area contributed by atoms with Gasteiger partial charge in [-0.15, -0.1) is 0 Å². The molecule has 0 aromatic heterocycles. The third kappa shape index (κ3) is 5.55. The second-order valence-electron chi connectivity index (χ2n) is 1.78. The van der Waals surface area contributed by atoms with Gasteiger partial charge >= 0.3 is 0 Å². The molecule has 0 heterocycles. The second-order valence-corrected chi connectivity index (χ2v) is 1.78. The van der Waals surface area contributed by atoms with Crippen molar-refractivity contribution in [2.24, 2.45) is 0 Å². The Bertz CT molecular complexity index is 103. The molecular formula is C6H13NO3. The number of aliphatic hydroxyl groups excluding tert-OH is 3.